The number of hydrogen-bond acceptors (Lipinski definition) is 3. The molecule has 0 aromatic carbocycles. The highest BCUT2D eigenvalue weighted by Crippen LogP contribution is 2.17. The van der Waals surface area contributed by atoms with Crippen molar-refractivity contribution in [2.75, 3.05) is 14.1 Å². The zero-order valence-corrected chi connectivity index (χ0v) is 10.3. The molecule has 0 saturated heterocycles. The topological polar surface area (TPSA) is 59.6 Å². The molecule has 1 aromatic heterocycles. The zero-order chi connectivity index (χ0) is 12.5. The highest BCUT2D eigenvalue weighted by Gasteiger charge is 2.12. The van der Waals surface area contributed by atoms with Crippen LogP contribution in [0.2, 0.25) is 5.02 Å². The van der Waals surface area contributed by atoms with Gasteiger partial charge in [0.15, 0.2) is 5.82 Å². The summed E-state index contributed by atoms with van der Waals surface area (Å²) in [5, 5.41) is -0.0669. The quantitative estimate of drug-likeness (QED) is 0.542. The fourth-order valence-electron chi connectivity index (χ4n) is 1.11. The SMILES string of the molecule is CN(C)/C=N/c1c(Cl)c(=O)n(C)c(=O)n1C. The summed E-state index contributed by atoms with van der Waals surface area (Å²) in [6.07, 6.45) is 1.47. The number of nitrogens with zero attached hydrogens (tertiary/aromatic N) is 4. The Kier molecular flexibility index (Phi) is 3.54. The Morgan fingerprint density at radius 1 is 1.25 bits per heavy atom. The van der Waals surface area contributed by atoms with Crippen LogP contribution in [0.15, 0.2) is 14.6 Å². The fraction of sp³-hybridized carbons (Fsp3) is 0.444. The van der Waals surface area contributed by atoms with Gasteiger partial charge in [0, 0.05) is 28.2 Å². The van der Waals surface area contributed by atoms with Crippen molar-refractivity contribution in [2.24, 2.45) is 19.1 Å². The summed E-state index contributed by atoms with van der Waals surface area (Å²) in [5.74, 6) is 0.156. The van der Waals surface area contributed by atoms with E-state index in [1.807, 2.05) is 0 Å². The molecular weight excluding hydrogens is 232 g/mol. The number of hydrogen-bond donors (Lipinski definition) is 0. The van der Waals surface area contributed by atoms with Crippen LogP contribution in [0.4, 0.5) is 5.82 Å². The number of aromatic nitrogens is 2. The second-order valence-electron chi connectivity index (χ2n) is 3.55. The lowest BCUT2D eigenvalue weighted by Crippen LogP contribution is -2.37. The molecule has 0 spiro atoms. The van der Waals surface area contributed by atoms with E-state index in [2.05, 4.69) is 4.99 Å². The van der Waals surface area contributed by atoms with Crippen molar-refractivity contribution in [3.8, 4) is 0 Å². The van der Waals surface area contributed by atoms with Gasteiger partial charge in [0.2, 0.25) is 0 Å². The average Bonchev–Trinajstić information content (AvgIpc) is 2.23. The van der Waals surface area contributed by atoms with Crippen molar-refractivity contribution < 1.29 is 0 Å². The van der Waals surface area contributed by atoms with Crippen LogP contribution in [-0.4, -0.2) is 34.5 Å². The molecule has 1 rings (SSSR count). The molecular formula is C9H13ClN4O2. The van der Waals surface area contributed by atoms with Gasteiger partial charge in [0.1, 0.15) is 5.02 Å². The van der Waals surface area contributed by atoms with Crippen molar-refractivity contribution in [1.29, 1.82) is 0 Å². The lowest BCUT2D eigenvalue weighted by molar-refractivity contribution is 0.639. The van der Waals surface area contributed by atoms with E-state index in [0.29, 0.717) is 0 Å². The Morgan fingerprint density at radius 2 is 1.81 bits per heavy atom. The number of rotatable bonds is 2. The average molecular weight is 245 g/mol. The van der Waals surface area contributed by atoms with Gasteiger partial charge in [-0.25, -0.2) is 9.79 Å². The number of halogens is 1. The van der Waals surface area contributed by atoms with E-state index in [4.69, 9.17) is 11.6 Å². The van der Waals surface area contributed by atoms with E-state index < -0.39 is 11.2 Å². The summed E-state index contributed by atoms with van der Waals surface area (Å²) in [7, 11) is 6.43. The largest absolute Gasteiger partial charge is 0.369 e. The maximum Gasteiger partial charge on any atom is 0.332 e. The molecule has 88 valence electrons. The second kappa shape index (κ2) is 4.52. The molecule has 0 N–H and O–H groups in total. The first-order valence-corrected chi connectivity index (χ1v) is 4.90. The standard InChI is InChI=1S/C9H13ClN4O2/c1-12(2)5-11-7-6(10)8(15)14(4)9(16)13(7)3/h5H,1-4H3/b11-5+. The van der Waals surface area contributed by atoms with Crippen molar-refractivity contribution >= 4 is 23.8 Å². The third-order valence-electron chi connectivity index (χ3n) is 1.99. The van der Waals surface area contributed by atoms with Crippen LogP contribution in [0.3, 0.4) is 0 Å². The normalized spacial score (nSPS) is 11.1. The smallest absolute Gasteiger partial charge is 0.332 e. The first-order valence-electron chi connectivity index (χ1n) is 4.52. The summed E-state index contributed by atoms with van der Waals surface area (Å²) >= 11 is 5.83. The molecule has 6 nitrogen and oxygen atoms in total. The second-order valence-corrected chi connectivity index (χ2v) is 3.93. The highest BCUT2D eigenvalue weighted by atomic mass is 35.5. The van der Waals surface area contributed by atoms with E-state index in [1.165, 1.54) is 25.0 Å². The van der Waals surface area contributed by atoms with Crippen LogP contribution in [0, 0.1) is 0 Å². The molecule has 1 aromatic rings. The summed E-state index contributed by atoms with van der Waals surface area (Å²) in [6.45, 7) is 0. The molecule has 1 heterocycles. The third-order valence-corrected chi connectivity index (χ3v) is 2.32. The van der Waals surface area contributed by atoms with Gasteiger partial charge in [0.25, 0.3) is 5.56 Å². The molecule has 0 amide bonds. The summed E-state index contributed by atoms with van der Waals surface area (Å²) in [6, 6.07) is 0. The summed E-state index contributed by atoms with van der Waals surface area (Å²) in [5.41, 5.74) is -1.00. The molecule has 0 bridgehead atoms. The van der Waals surface area contributed by atoms with E-state index >= 15 is 0 Å². The first kappa shape index (κ1) is 12.5. The molecule has 0 radical (unpaired) electrons. The summed E-state index contributed by atoms with van der Waals surface area (Å²) < 4.78 is 2.17. The fourth-order valence-corrected chi connectivity index (χ4v) is 1.41. The van der Waals surface area contributed by atoms with Gasteiger partial charge in [0.05, 0.1) is 6.34 Å². The Bertz CT molecular complexity index is 504. The van der Waals surface area contributed by atoms with Gasteiger partial charge in [-0.3, -0.25) is 13.9 Å². The molecule has 0 aliphatic carbocycles. The number of aliphatic imine (C=N–C) groups is 1. The van der Waals surface area contributed by atoms with Gasteiger partial charge < -0.3 is 4.90 Å². The Labute approximate surface area is 97.4 Å². The minimum absolute atomic E-state index is 0.0669. The zero-order valence-electron chi connectivity index (χ0n) is 9.56. The van der Waals surface area contributed by atoms with Gasteiger partial charge in [-0.2, -0.15) is 0 Å². The van der Waals surface area contributed by atoms with Crippen LogP contribution >= 0.6 is 11.6 Å². The van der Waals surface area contributed by atoms with Crippen LogP contribution < -0.4 is 11.2 Å². The van der Waals surface area contributed by atoms with E-state index in [1.54, 1.807) is 19.0 Å². The Morgan fingerprint density at radius 3 is 2.31 bits per heavy atom. The molecule has 0 aliphatic heterocycles. The van der Waals surface area contributed by atoms with Crippen molar-refractivity contribution in [1.82, 2.24) is 14.0 Å². The Balaban J connectivity index is 3.53. The first-order chi connectivity index (χ1) is 7.36. The van der Waals surface area contributed by atoms with Crippen LogP contribution in [0.1, 0.15) is 0 Å². The molecule has 0 atom stereocenters. The Hall–Kier alpha value is -1.56. The lowest BCUT2D eigenvalue weighted by Gasteiger charge is -2.08. The van der Waals surface area contributed by atoms with Gasteiger partial charge in [-0.05, 0) is 0 Å². The van der Waals surface area contributed by atoms with Gasteiger partial charge in [-0.15, -0.1) is 0 Å². The van der Waals surface area contributed by atoms with Crippen molar-refractivity contribution in [3.05, 3.63) is 25.9 Å². The lowest BCUT2D eigenvalue weighted by atomic mass is 10.5. The maximum absolute atomic E-state index is 11.6. The minimum atomic E-state index is -0.546. The van der Waals surface area contributed by atoms with E-state index in [9.17, 15) is 9.59 Å². The van der Waals surface area contributed by atoms with Crippen molar-refractivity contribution in [3.63, 3.8) is 0 Å². The third kappa shape index (κ3) is 2.16. The van der Waals surface area contributed by atoms with E-state index in [0.717, 1.165) is 4.57 Å². The summed E-state index contributed by atoms with van der Waals surface area (Å²) in [4.78, 5) is 28.8. The van der Waals surface area contributed by atoms with Gasteiger partial charge in [-0.1, -0.05) is 11.6 Å². The molecule has 16 heavy (non-hydrogen) atoms. The predicted molar refractivity (Wildman–Crippen MR) is 63.8 cm³/mol. The molecule has 0 fully saturated rings. The predicted octanol–water partition coefficient (Wildman–Crippen LogP) is -0.0412. The van der Waals surface area contributed by atoms with Crippen LogP contribution in [0.5, 0.6) is 0 Å². The molecule has 7 heteroatoms. The van der Waals surface area contributed by atoms with Crippen LogP contribution in [0.25, 0.3) is 0 Å². The molecule has 0 unspecified atom stereocenters. The maximum atomic E-state index is 11.6. The molecule has 0 saturated carbocycles. The van der Waals surface area contributed by atoms with Crippen LogP contribution in [-0.2, 0) is 14.1 Å². The monoisotopic (exact) mass is 244 g/mol. The molecule has 0 aliphatic rings. The van der Waals surface area contributed by atoms with Crippen molar-refractivity contribution in [2.45, 2.75) is 0 Å². The minimum Gasteiger partial charge on any atom is -0.369 e. The highest BCUT2D eigenvalue weighted by molar-refractivity contribution is 6.32. The van der Waals surface area contributed by atoms with E-state index in [-0.39, 0.29) is 10.8 Å². The van der Waals surface area contributed by atoms with Gasteiger partial charge >= 0.3 is 5.69 Å².